The third-order valence-electron chi connectivity index (χ3n) is 3.03. The number of nitrogens with one attached hydrogen (secondary N) is 2. The Bertz CT molecular complexity index is 700. The van der Waals surface area contributed by atoms with Crippen molar-refractivity contribution in [3.05, 3.63) is 46.1 Å². The fraction of sp³-hybridized carbons (Fsp3) is 0.267. The first-order chi connectivity index (χ1) is 11.0. The molecule has 23 heavy (non-hydrogen) atoms. The summed E-state index contributed by atoms with van der Waals surface area (Å²) in [5.41, 5.74) is 1.85. The van der Waals surface area contributed by atoms with E-state index in [4.69, 9.17) is 16.3 Å². The van der Waals surface area contributed by atoms with Crippen LogP contribution in [-0.2, 0) is 16.1 Å². The molecule has 0 saturated heterocycles. The number of aromatic nitrogens is 1. The van der Waals surface area contributed by atoms with E-state index >= 15 is 0 Å². The number of hydrogen-bond donors (Lipinski definition) is 2. The number of nitrogens with zero attached hydrogens (tertiary/aromatic N) is 1. The molecule has 0 saturated carbocycles. The number of halogens is 1. The van der Waals surface area contributed by atoms with Gasteiger partial charge in [0, 0.05) is 18.6 Å². The van der Waals surface area contributed by atoms with Crippen LogP contribution in [0.1, 0.15) is 21.6 Å². The van der Waals surface area contributed by atoms with Crippen molar-refractivity contribution in [3.8, 4) is 0 Å². The molecule has 8 heteroatoms. The normalized spacial score (nSPS) is 10.2. The largest absolute Gasteiger partial charge is 0.452 e. The van der Waals surface area contributed by atoms with Gasteiger partial charge in [-0.15, -0.1) is 0 Å². The van der Waals surface area contributed by atoms with Gasteiger partial charge in [0.15, 0.2) is 6.61 Å². The fourth-order valence-electron chi connectivity index (χ4n) is 1.84. The molecular weight excluding hydrogens is 338 g/mol. The van der Waals surface area contributed by atoms with Crippen molar-refractivity contribution in [1.82, 2.24) is 9.69 Å². The Labute approximate surface area is 143 Å². The van der Waals surface area contributed by atoms with Gasteiger partial charge in [-0.05, 0) is 36.2 Å². The number of carbonyl (C=O) groups excluding carboxylic acids is 2. The summed E-state index contributed by atoms with van der Waals surface area (Å²) in [6, 6.07) is 7.12. The SMILES string of the molecule is CNc1snc(C)c1C(=O)OCC(=O)NCc1ccc(Cl)cc1. The molecule has 0 fully saturated rings. The molecule has 0 spiro atoms. The number of anilines is 1. The zero-order valence-electron chi connectivity index (χ0n) is 12.7. The molecule has 1 aromatic carbocycles. The molecule has 0 unspecified atom stereocenters. The Kier molecular flexibility index (Phi) is 5.95. The van der Waals surface area contributed by atoms with E-state index in [-0.39, 0.29) is 12.5 Å². The lowest BCUT2D eigenvalue weighted by molar-refractivity contribution is -0.124. The first-order valence-electron chi connectivity index (χ1n) is 6.83. The van der Waals surface area contributed by atoms with E-state index < -0.39 is 5.97 Å². The van der Waals surface area contributed by atoms with Crippen molar-refractivity contribution in [2.24, 2.45) is 0 Å². The zero-order valence-corrected chi connectivity index (χ0v) is 14.3. The van der Waals surface area contributed by atoms with Crippen LogP contribution in [0.2, 0.25) is 5.02 Å². The number of aryl methyl sites for hydroxylation is 1. The van der Waals surface area contributed by atoms with Gasteiger partial charge in [-0.25, -0.2) is 4.79 Å². The highest BCUT2D eigenvalue weighted by Gasteiger charge is 2.20. The Morgan fingerprint density at radius 1 is 1.30 bits per heavy atom. The van der Waals surface area contributed by atoms with Gasteiger partial charge in [0.05, 0.1) is 5.69 Å². The quantitative estimate of drug-likeness (QED) is 0.780. The molecule has 2 rings (SSSR count). The summed E-state index contributed by atoms with van der Waals surface area (Å²) in [5.74, 6) is -0.942. The van der Waals surface area contributed by atoms with Crippen molar-refractivity contribution < 1.29 is 14.3 Å². The standard InChI is InChI=1S/C15H16ClN3O3S/c1-9-13(14(17-2)23-19-9)15(21)22-8-12(20)18-7-10-3-5-11(16)6-4-10/h3-6,17H,7-8H2,1-2H3,(H,18,20). The van der Waals surface area contributed by atoms with Gasteiger partial charge >= 0.3 is 5.97 Å². The highest BCUT2D eigenvalue weighted by atomic mass is 35.5. The minimum Gasteiger partial charge on any atom is -0.452 e. The van der Waals surface area contributed by atoms with Gasteiger partial charge in [-0.3, -0.25) is 4.79 Å². The minimum atomic E-state index is -0.567. The molecule has 0 atom stereocenters. The molecule has 2 aromatic rings. The van der Waals surface area contributed by atoms with Crippen molar-refractivity contribution in [2.45, 2.75) is 13.5 Å². The van der Waals surface area contributed by atoms with Crippen LogP contribution >= 0.6 is 23.1 Å². The molecule has 122 valence electrons. The minimum absolute atomic E-state index is 0.342. The zero-order chi connectivity index (χ0) is 16.8. The molecule has 0 aliphatic carbocycles. The first kappa shape index (κ1) is 17.2. The smallest absolute Gasteiger partial charge is 0.343 e. The summed E-state index contributed by atoms with van der Waals surface area (Å²) >= 11 is 6.97. The molecule has 0 bridgehead atoms. The summed E-state index contributed by atoms with van der Waals surface area (Å²) in [7, 11) is 1.70. The van der Waals surface area contributed by atoms with Crippen LogP contribution < -0.4 is 10.6 Å². The maximum Gasteiger partial charge on any atom is 0.343 e. The van der Waals surface area contributed by atoms with Crippen LogP contribution in [0.3, 0.4) is 0 Å². The molecule has 0 radical (unpaired) electrons. The molecule has 6 nitrogen and oxygen atoms in total. The van der Waals surface area contributed by atoms with E-state index in [0.717, 1.165) is 5.56 Å². The number of hydrogen-bond acceptors (Lipinski definition) is 6. The molecular formula is C15H16ClN3O3S. The fourth-order valence-corrected chi connectivity index (χ4v) is 2.70. The van der Waals surface area contributed by atoms with Gasteiger partial charge in [-0.1, -0.05) is 23.7 Å². The second kappa shape index (κ2) is 7.94. The van der Waals surface area contributed by atoms with Gasteiger partial charge < -0.3 is 15.4 Å². The highest BCUT2D eigenvalue weighted by Crippen LogP contribution is 2.24. The number of ether oxygens (including phenoxy) is 1. The number of rotatable bonds is 6. The predicted octanol–water partition coefficient (Wildman–Crippen LogP) is 2.62. The number of esters is 1. The summed E-state index contributed by atoms with van der Waals surface area (Å²) in [6.07, 6.45) is 0. The number of benzene rings is 1. The highest BCUT2D eigenvalue weighted by molar-refractivity contribution is 7.10. The van der Waals surface area contributed by atoms with Crippen LogP contribution in [0.4, 0.5) is 5.00 Å². The van der Waals surface area contributed by atoms with Crippen LogP contribution in [0.25, 0.3) is 0 Å². The molecule has 1 aromatic heterocycles. The lowest BCUT2D eigenvalue weighted by Gasteiger charge is -2.07. The second-order valence-electron chi connectivity index (χ2n) is 4.70. The Morgan fingerprint density at radius 3 is 2.65 bits per heavy atom. The van der Waals surface area contributed by atoms with Crippen molar-refractivity contribution in [1.29, 1.82) is 0 Å². The first-order valence-corrected chi connectivity index (χ1v) is 7.98. The lowest BCUT2D eigenvalue weighted by Crippen LogP contribution is -2.28. The van der Waals surface area contributed by atoms with Gasteiger partial charge in [0.1, 0.15) is 10.6 Å². The molecule has 0 aliphatic rings. The van der Waals surface area contributed by atoms with Crippen LogP contribution in [-0.4, -0.2) is 29.9 Å². The summed E-state index contributed by atoms with van der Waals surface area (Å²) in [4.78, 5) is 23.8. The average molecular weight is 354 g/mol. The summed E-state index contributed by atoms with van der Waals surface area (Å²) in [6.45, 7) is 1.72. The Morgan fingerprint density at radius 2 is 2.00 bits per heavy atom. The maximum absolute atomic E-state index is 12.0. The number of amides is 1. The van der Waals surface area contributed by atoms with Crippen molar-refractivity contribution in [3.63, 3.8) is 0 Å². The third kappa shape index (κ3) is 4.67. The van der Waals surface area contributed by atoms with E-state index in [1.165, 1.54) is 11.5 Å². The maximum atomic E-state index is 12.0. The van der Waals surface area contributed by atoms with Crippen LogP contribution in [0.5, 0.6) is 0 Å². The van der Waals surface area contributed by atoms with E-state index in [1.54, 1.807) is 26.1 Å². The monoisotopic (exact) mass is 353 g/mol. The van der Waals surface area contributed by atoms with Crippen molar-refractivity contribution >= 4 is 40.0 Å². The third-order valence-corrected chi connectivity index (χ3v) is 4.24. The molecule has 1 amide bonds. The van der Waals surface area contributed by atoms with Gasteiger partial charge in [0.2, 0.25) is 0 Å². The number of carbonyl (C=O) groups is 2. The van der Waals surface area contributed by atoms with E-state index in [0.29, 0.717) is 27.8 Å². The van der Waals surface area contributed by atoms with Crippen LogP contribution in [0, 0.1) is 6.92 Å². The Balaban J connectivity index is 1.83. The molecule has 1 heterocycles. The second-order valence-corrected chi connectivity index (χ2v) is 5.91. The van der Waals surface area contributed by atoms with Crippen molar-refractivity contribution in [2.75, 3.05) is 19.0 Å². The summed E-state index contributed by atoms with van der Waals surface area (Å²) < 4.78 is 9.12. The van der Waals surface area contributed by atoms with E-state index in [1.807, 2.05) is 12.1 Å². The lowest BCUT2D eigenvalue weighted by atomic mass is 10.2. The van der Waals surface area contributed by atoms with E-state index in [2.05, 4.69) is 15.0 Å². The molecule has 0 aliphatic heterocycles. The Hall–Kier alpha value is -2.12. The van der Waals surface area contributed by atoms with E-state index in [9.17, 15) is 9.59 Å². The topological polar surface area (TPSA) is 80.3 Å². The van der Waals surface area contributed by atoms with Crippen LogP contribution in [0.15, 0.2) is 24.3 Å². The van der Waals surface area contributed by atoms with Gasteiger partial charge in [-0.2, -0.15) is 4.37 Å². The van der Waals surface area contributed by atoms with Gasteiger partial charge in [0.25, 0.3) is 5.91 Å². The summed E-state index contributed by atoms with van der Waals surface area (Å²) in [5, 5.41) is 6.81. The average Bonchev–Trinajstić information content (AvgIpc) is 2.93. The predicted molar refractivity (Wildman–Crippen MR) is 90.0 cm³/mol. The molecule has 2 N–H and O–H groups in total.